The van der Waals surface area contributed by atoms with Crippen molar-refractivity contribution in [1.29, 1.82) is 0 Å². The van der Waals surface area contributed by atoms with Crippen LogP contribution in [0.25, 0.3) is 0 Å². The number of nitrogens with zero attached hydrogens (tertiary/aromatic N) is 2. The van der Waals surface area contributed by atoms with Crippen LogP contribution >= 0.6 is 0 Å². The summed E-state index contributed by atoms with van der Waals surface area (Å²) in [6.45, 7) is 3.13. The molecule has 0 bridgehead atoms. The minimum Gasteiger partial charge on any atom is -0.367 e. The van der Waals surface area contributed by atoms with Crippen molar-refractivity contribution in [1.82, 2.24) is 4.90 Å². The number of anilines is 1. The van der Waals surface area contributed by atoms with Crippen molar-refractivity contribution in [3.63, 3.8) is 0 Å². The Balaban J connectivity index is 1.40. The maximum absolute atomic E-state index is 14.2. The van der Waals surface area contributed by atoms with Gasteiger partial charge in [0.2, 0.25) is 0 Å². The van der Waals surface area contributed by atoms with Crippen molar-refractivity contribution in [2.45, 2.75) is 37.3 Å². The van der Waals surface area contributed by atoms with Crippen LogP contribution in [0.4, 0.5) is 14.5 Å². The second-order valence-corrected chi connectivity index (χ2v) is 8.43. The van der Waals surface area contributed by atoms with Crippen molar-refractivity contribution >= 4 is 11.6 Å². The molecule has 152 valence electrons. The Morgan fingerprint density at radius 3 is 2.72 bits per heavy atom. The molecule has 4 nitrogen and oxygen atoms in total. The fraction of sp³-hybridized carbons (Fsp3) is 0.435. The molecular formula is C23H24F2N2O2. The highest BCUT2D eigenvalue weighted by molar-refractivity contribution is 5.82. The summed E-state index contributed by atoms with van der Waals surface area (Å²) in [5.41, 5.74) is 2.38. The molecule has 29 heavy (non-hydrogen) atoms. The van der Waals surface area contributed by atoms with Gasteiger partial charge >= 0.3 is 0 Å². The number of ether oxygens (including phenoxy) is 1. The number of hydrogen-bond donors (Lipinski definition) is 0. The second-order valence-electron chi connectivity index (χ2n) is 8.43. The summed E-state index contributed by atoms with van der Waals surface area (Å²) < 4.78 is 33.5. The molecule has 2 atom stereocenters. The number of likely N-dealkylation sites (tertiary alicyclic amines) is 1. The Morgan fingerprint density at radius 2 is 1.93 bits per heavy atom. The van der Waals surface area contributed by atoms with Gasteiger partial charge in [-0.3, -0.25) is 4.79 Å². The van der Waals surface area contributed by atoms with Crippen molar-refractivity contribution in [3.8, 4) is 0 Å². The highest BCUT2D eigenvalue weighted by atomic mass is 19.1. The van der Waals surface area contributed by atoms with Gasteiger partial charge in [0.25, 0.3) is 5.91 Å². The SMILES string of the molecule is O=C([C@H]1C[C@]2(CO1)CN(Cc1ccc(F)cc1F)c1ccccc12)N1CCCC1. The summed E-state index contributed by atoms with van der Waals surface area (Å²) in [6, 6.07) is 11.8. The fourth-order valence-electron chi connectivity index (χ4n) is 5.06. The molecule has 2 fully saturated rings. The minimum atomic E-state index is -0.572. The van der Waals surface area contributed by atoms with E-state index in [0.29, 0.717) is 31.7 Å². The van der Waals surface area contributed by atoms with Gasteiger partial charge in [-0.1, -0.05) is 24.3 Å². The van der Waals surface area contributed by atoms with Crippen molar-refractivity contribution in [3.05, 3.63) is 65.2 Å². The average Bonchev–Trinajstić information content (AvgIpc) is 3.45. The van der Waals surface area contributed by atoms with Crippen LogP contribution in [-0.4, -0.2) is 43.2 Å². The molecule has 2 aromatic carbocycles. The van der Waals surface area contributed by atoms with Crippen LogP contribution < -0.4 is 4.90 Å². The van der Waals surface area contributed by atoms with Gasteiger partial charge in [0, 0.05) is 48.9 Å². The fourth-order valence-corrected chi connectivity index (χ4v) is 5.06. The Bertz CT molecular complexity index is 944. The third-order valence-corrected chi connectivity index (χ3v) is 6.52. The highest BCUT2D eigenvalue weighted by Crippen LogP contribution is 2.48. The predicted molar refractivity (Wildman–Crippen MR) is 106 cm³/mol. The molecule has 3 aliphatic heterocycles. The molecule has 2 aromatic rings. The van der Waals surface area contributed by atoms with E-state index in [1.807, 2.05) is 23.1 Å². The zero-order valence-electron chi connectivity index (χ0n) is 16.2. The van der Waals surface area contributed by atoms with Gasteiger partial charge < -0.3 is 14.5 Å². The molecule has 3 aliphatic rings. The molecule has 1 amide bonds. The first kappa shape index (κ1) is 18.6. The van der Waals surface area contributed by atoms with E-state index < -0.39 is 17.7 Å². The number of amides is 1. The lowest BCUT2D eigenvalue weighted by atomic mass is 9.80. The Morgan fingerprint density at radius 1 is 1.14 bits per heavy atom. The quantitative estimate of drug-likeness (QED) is 0.792. The van der Waals surface area contributed by atoms with Gasteiger partial charge in [0.15, 0.2) is 0 Å². The van der Waals surface area contributed by atoms with E-state index in [4.69, 9.17) is 4.74 Å². The smallest absolute Gasteiger partial charge is 0.251 e. The van der Waals surface area contributed by atoms with Gasteiger partial charge in [-0.2, -0.15) is 0 Å². The molecule has 1 spiro atoms. The number of hydrogen-bond acceptors (Lipinski definition) is 3. The van der Waals surface area contributed by atoms with Crippen LogP contribution in [0.5, 0.6) is 0 Å². The first-order valence-corrected chi connectivity index (χ1v) is 10.2. The predicted octanol–water partition coefficient (Wildman–Crippen LogP) is 3.63. The van der Waals surface area contributed by atoms with Gasteiger partial charge in [-0.05, 0) is 37.0 Å². The molecule has 2 saturated heterocycles. The largest absolute Gasteiger partial charge is 0.367 e. The summed E-state index contributed by atoms with van der Waals surface area (Å²) in [5, 5.41) is 0. The molecule has 0 saturated carbocycles. The van der Waals surface area contributed by atoms with Crippen LogP contribution in [0, 0.1) is 11.6 Å². The van der Waals surface area contributed by atoms with E-state index in [2.05, 4.69) is 11.0 Å². The average molecular weight is 398 g/mol. The number of benzene rings is 2. The van der Waals surface area contributed by atoms with Crippen LogP contribution in [0.1, 0.15) is 30.4 Å². The van der Waals surface area contributed by atoms with E-state index in [9.17, 15) is 13.6 Å². The lowest BCUT2D eigenvalue weighted by Crippen LogP contribution is -2.38. The maximum atomic E-state index is 14.2. The summed E-state index contributed by atoms with van der Waals surface area (Å²) >= 11 is 0. The third-order valence-electron chi connectivity index (χ3n) is 6.52. The summed E-state index contributed by atoms with van der Waals surface area (Å²) in [5.74, 6) is -1.01. The topological polar surface area (TPSA) is 32.8 Å². The standard InChI is InChI=1S/C23H24F2N2O2/c24-17-8-7-16(19(25)11-17)13-27-14-23(18-5-1-2-6-20(18)27)12-21(29-15-23)22(28)26-9-3-4-10-26/h1-2,5-8,11,21H,3-4,9-10,12-15H2/t21-,23-/m1/s1. The molecule has 0 aromatic heterocycles. The van der Waals surface area contributed by atoms with E-state index in [0.717, 1.165) is 43.2 Å². The van der Waals surface area contributed by atoms with Crippen LogP contribution in [-0.2, 0) is 21.5 Å². The molecule has 5 rings (SSSR count). The highest BCUT2D eigenvalue weighted by Gasteiger charge is 2.51. The molecule has 0 radical (unpaired) electrons. The number of fused-ring (bicyclic) bond motifs is 2. The Kier molecular flexibility index (Phi) is 4.54. The van der Waals surface area contributed by atoms with Crippen molar-refractivity contribution in [2.75, 3.05) is 31.1 Å². The zero-order chi connectivity index (χ0) is 20.0. The molecule has 0 N–H and O–H groups in total. The molecule has 0 unspecified atom stereocenters. The summed E-state index contributed by atoms with van der Waals surface area (Å²) in [7, 11) is 0. The Labute approximate surface area is 169 Å². The van der Waals surface area contributed by atoms with Crippen LogP contribution in [0.3, 0.4) is 0 Å². The maximum Gasteiger partial charge on any atom is 0.251 e. The number of carbonyl (C=O) groups excluding carboxylic acids is 1. The van der Waals surface area contributed by atoms with Crippen molar-refractivity contribution < 1.29 is 18.3 Å². The van der Waals surface area contributed by atoms with E-state index in [1.165, 1.54) is 12.1 Å². The second kappa shape index (κ2) is 7.10. The van der Waals surface area contributed by atoms with E-state index >= 15 is 0 Å². The van der Waals surface area contributed by atoms with E-state index in [-0.39, 0.29) is 11.3 Å². The molecule has 6 heteroatoms. The summed E-state index contributed by atoms with van der Waals surface area (Å²) in [6.07, 6.45) is 2.35. The monoisotopic (exact) mass is 398 g/mol. The number of halogens is 2. The molecule has 0 aliphatic carbocycles. The third kappa shape index (κ3) is 3.19. The summed E-state index contributed by atoms with van der Waals surface area (Å²) in [4.78, 5) is 16.9. The van der Waals surface area contributed by atoms with Gasteiger partial charge in [-0.15, -0.1) is 0 Å². The normalized spacial score (nSPS) is 25.8. The lowest BCUT2D eigenvalue weighted by molar-refractivity contribution is -0.139. The molecule has 3 heterocycles. The van der Waals surface area contributed by atoms with Gasteiger partial charge in [0.05, 0.1) is 6.61 Å². The van der Waals surface area contributed by atoms with Gasteiger partial charge in [0.1, 0.15) is 17.7 Å². The Hall–Kier alpha value is -2.47. The van der Waals surface area contributed by atoms with E-state index in [1.54, 1.807) is 0 Å². The number of para-hydroxylation sites is 1. The lowest BCUT2D eigenvalue weighted by Gasteiger charge is -2.25. The first-order valence-electron chi connectivity index (χ1n) is 10.2. The molecular weight excluding hydrogens is 374 g/mol. The minimum absolute atomic E-state index is 0.0971. The van der Waals surface area contributed by atoms with Crippen molar-refractivity contribution in [2.24, 2.45) is 0 Å². The van der Waals surface area contributed by atoms with Gasteiger partial charge in [-0.25, -0.2) is 8.78 Å². The first-order chi connectivity index (χ1) is 14.1. The van der Waals surface area contributed by atoms with Crippen LogP contribution in [0.2, 0.25) is 0 Å². The number of carbonyl (C=O) groups is 1. The van der Waals surface area contributed by atoms with Crippen LogP contribution in [0.15, 0.2) is 42.5 Å². The number of rotatable bonds is 3. The zero-order valence-corrected chi connectivity index (χ0v) is 16.2.